The molecule has 22 heavy (non-hydrogen) atoms. The van der Waals surface area contributed by atoms with Crippen molar-refractivity contribution in [3.05, 3.63) is 41.5 Å². The van der Waals surface area contributed by atoms with E-state index in [9.17, 15) is 0 Å². The number of aromatic nitrogens is 3. The van der Waals surface area contributed by atoms with Crippen LogP contribution in [0.3, 0.4) is 0 Å². The summed E-state index contributed by atoms with van der Waals surface area (Å²) in [6.45, 7) is 5.07. The van der Waals surface area contributed by atoms with Crippen LogP contribution in [0.25, 0.3) is 0 Å². The van der Waals surface area contributed by atoms with Crippen molar-refractivity contribution in [1.82, 2.24) is 15.0 Å². The van der Waals surface area contributed by atoms with Crippen molar-refractivity contribution in [2.75, 3.05) is 25.2 Å². The number of methoxy groups -OCH3 is 1. The zero-order chi connectivity index (χ0) is 15.4. The average Bonchev–Trinajstić information content (AvgIpc) is 2.59. The molecule has 0 atom stereocenters. The average molecular weight is 300 g/mol. The highest BCUT2D eigenvalue weighted by Crippen LogP contribution is 2.26. The molecule has 0 bridgehead atoms. The fourth-order valence-corrected chi connectivity index (χ4v) is 2.71. The molecule has 0 fully saturated rings. The zero-order valence-electron chi connectivity index (χ0n) is 13.0. The third-order valence-corrected chi connectivity index (χ3v) is 3.85. The van der Waals surface area contributed by atoms with Crippen LogP contribution in [0.4, 0.5) is 5.82 Å². The molecule has 0 saturated carbocycles. The minimum absolute atomic E-state index is 0.582. The van der Waals surface area contributed by atoms with Gasteiger partial charge >= 0.3 is 0 Å². The summed E-state index contributed by atoms with van der Waals surface area (Å²) in [6.07, 6.45) is 6.35. The highest BCUT2D eigenvalue weighted by Gasteiger charge is 2.20. The lowest BCUT2D eigenvalue weighted by Gasteiger charge is -2.30. The van der Waals surface area contributed by atoms with Crippen LogP contribution in [0.1, 0.15) is 23.6 Å². The molecule has 0 unspecified atom stereocenters. The maximum absolute atomic E-state index is 5.54. The van der Waals surface area contributed by atoms with Gasteiger partial charge in [-0.1, -0.05) is 0 Å². The molecule has 2 aromatic rings. The Bertz CT molecular complexity index is 648. The summed E-state index contributed by atoms with van der Waals surface area (Å²) in [7, 11) is 1.61. The number of hydrogen-bond donors (Lipinski definition) is 0. The number of pyridine rings is 1. The van der Waals surface area contributed by atoms with Gasteiger partial charge in [0.05, 0.1) is 13.7 Å². The Labute approximate surface area is 130 Å². The lowest BCUT2D eigenvalue weighted by atomic mass is 9.97. The molecule has 0 aromatic carbocycles. The predicted octanol–water partition coefficient (Wildman–Crippen LogP) is 1.98. The second-order valence-electron chi connectivity index (χ2n) is 5.16. The van der Waals surface area contributed by atoms with E-state index >= 15 is 0 Å². The molecular weight excluding hydrogens is 280 g/mol. The smallest absolute Gasteiger partial charge is 0.218 e. The third-order valence-electron chi connectivity index (χ3n) is 3.85. The molecule has 116 valence electrons. The Hall–Kier alpha value is -2.21. The van der Waals surface area contributed by atoms with Gasteiger partial charge in [0.2, 0.25) is 5.88 Å². The molecule has 0 radical (unpaired) electrons. The number of rotatable bonds is 5. The maximum Gasteiger partial charge on any atom is 0.218 e. The number of ether oxygens (including phenoxy) is 2. The first-order valence-electron chi connectivity index (χ1n) is 7.45. The molecule has 0 saturated heterocycles. The lowest BCUT2D eigenvalue weighted by Crippen LogP contribution is -2.32. The third kappa shape index (κ3) is 3.01. The molecule has 3 rings (SSSR count). The molecule has 2 aromatic heterocycles. The molecule has 1 aliphatic rings. The Morgan fingerprint density at radius 3 is 3.00 bits per heavy atom. The number of hydrogen-bond acceptors (Lipinski definition) is 6. The first kappa shape index (κ1) is 14.7. The Kier molecular flexibility index (Phi) is 4.48. The number of nitrogens with zero attached hydrogens (tertiary/aromatic N) is 4. The summed E-state index contributed by atoms with van der Waals surface area (Å²) in [6, 6.07) is 1.86. The SMILES string of the molecule is CCOCc1cncc2c1CCN(c1cc(OC)ncn1)C2. The van der Waals surface area contributed by atoms with E-state index in [4.69, 9.17) is 9.47 Å². The molecule has 0 spiro atoms. The standard InChI is InChI=1S/C16H20N4O2/c1-3-22-10-13-8-17-7-12-9-20(5-4-14(12)13)15-6-16(21-2)19-11-18-15/h6-8,11H,3-5,9-10H2,1-2H3. The first-order chi connectivity index (χ1) is 10.8. The van der Waals surface area contributed by atoms with Crippen LogP contribution in [-0.2, 0) is 24.3 Å². The highest BCUT2D eigenvalue weighted by molar-refractivity contribution is 5.46. The van der Waals surface area contributed by atoms with Gasteiger partial charge in [-0.15, -0.1) is 0 Å². The Balaban J connectivity index is 1.81. The van der Waals surface area contributed by atoms with Crippen molar-refractivity contribution in [3.63, 3.8) is 0 Å². The Morgan fingerprint density at radius 2 is 2.18 bits per heavy atom. The van der Waals surface area contributed by atoms with Crippen molar-refractivity contribution < 1.29 is 9.47 Å². The van der Waals surface area contributed by atoms with Gasteiger partial charge in [0.25, 0.3) is 0 Å². The molecule has 6 nitrogen and oxygen atoms in total. The van der Waals surface area contributed by atoms with Gasteiger partial charge in [0.15, 0.2) is 0 Å². The largest absolute Gasteiger partial charge is 0.481 e. The monoisotopic (exact) mass is 300 g/mol. The van der Waals surface area contributed by atoms with Crippen molar-refractivity contribution in [2.45, 2.75) is 26.5 Å². The summed E-state index contributed by atoms with van der Waals surface area (Å²) >= 11 is 0. The van der Waals surface area contributed by atoms with E-state index in [1.165, 1.54) is 23.0 Å². The maximum atomic E-state index is 5.54. The fraction of sp³-hybridized carbons (Fsp3) is 0.438. The van der Waals surface area contributed by atoms with Gasteiger partial charge in [-0.25, -0.2) is 9.97 Å². The van der Waals surface area contributed by atoms with Crippen LogP contribution in [-0.4, -0.2) is 35.2 Å². The van der Waals surface area contributed by atoms with Gasteiger partial charge < -0.3 is 14.4 Å². The van der Waals surface area contributed by atoms with Crippen molar-refractivity contribution >= 4 is 5.82 Å². The van der Waals surface area contributed by atoms with Gasteiger partial charge in [-0.05, 0) is 30.0 Å². The fourth-order valence-electron chi connectivity index (χ4n) is 2.71. The quantitative estimate of drug-likeness (QED) is 0.841. The van der Waals surface area contributed by atoms with Gasteiger partial charge in [0, 0.05) is 38.2 Å². The zero-order valence-corrected chi connectivity index (χ0v) is 13.0. The van der Waals surface area contributed by atoms with Crippen LogP contribution in [0.5, 0.6) is 5.88 Å². The van der Waals surface area contributed by atoms with Crippen LogP contribution in [0, 0.1) is 0 Å². The van der Waals surface area contributed by atoms with E-state index in [2.05, 4.69) is 19.9 Å². The van der Waals surface area contributed by atoms with E-state index in [-0.39, 0.29) is 0 Å². The second kappa shape index (κ2) is 6.70. The summed E-state index contributed by atoms with van der Waals surface area (Å²) in [5, 5.41) is 0. The molecule has 0 N–H and O–H groups in total. The van der Waals surface area contributed by atoms with Crippen molar-refractivity contribution in [3.8, 4) is 5.88 Å². The first-order valence-corrected chi connectivity index (χ1v) is 7.45. The summed E-state index contributed by atoms with van der Waals surface area (Å²) < 4.78 is 10.7. The Morgan fingerprint density at radius 1 is 1.27 bits per heavy atom. The molecule has 3 heterocycles. The van der Waals surface area contributed by atoms with Crippen molar-refractivity contribution in [2.24, 2.45) is 0 Å². The summed E-state index contributed by atoms with van der Waals surface area (Å²) in [4.78, 5) is 15.0. The molecule has 0 amide bonds. The number of fused-ring (bicyclic) bond motifs is 1. The van der Waals surface area contributed by atoms with Gasteiger partial charge in [-0.3, -0.25) is 4.98 Å². The number of anilines is 1. The molecule has 1 aliphatic heterocycles. The summed E-state index contributed by atoms with van der Waals surface area (Å²) in [5.74, 6) is 1.46. The lowest BCUT2D eigenvalue weighted by molar-refractivity contribution is 0.133. The summed E-state index contributed by atoms with van der Waals surface area (Å²) in [5.41, 5.74) is 3.79. The van der Waals surface area contributed by atoms with E-state index in [1.807, 2.05) is 25.4 Å². The van der Waals surface area contributed by atoms with E-state index in [0.29, 0.717) is 12.5 Å². The highest BCUT2D eigenvalue weighted by atomic mass is 16.5. The van der Waals surface area contributed by atoms with Gasteiger partial charge in [-0.2, -0.15) is 0 Å². The second-order valence-corrected chi connectivity index (χ2v) is 5.16. The molecular formula is C16H20N4O2. The van der Waals surface area contributed by atoms with E-state index in [1.54, 1.807) is 7.11 Å². The van der Waals surface area contributed by atoms with Crippen LogP contribution >= 0.6 is 0 Å². The van der Waals surface area contributed by atoms with Crippen LogP contribution in [0.2, 0.25) is 0 Å². The van der Waals surface area contributed by atoms with Crippen LogP contribution in [0.15, 0.2) is 24.8 Å². The minimum atomic E-state index is 0.582. The van der Waals surface area contributed by atoms with Crippen molar-refractivity contribution in [1.29, 1.82) is 0 Å². The normalized spacial score (nSPS) is 13.8. The van der Waals surface area contributed by atoms with E-state index in [0.717, 1.165) is 31.9 Å². The van der Waals surface area contributed by atoms with Crippen LogP contribution < -0.4 is 9.64 Å². The minimum Gasteiger partial charge on any atom is -0.481 e. The molecule has 6 heteroatoms. The van der Waals surface area contributed by atoms with Gasteiger partial charge in [0.1, 0.15) is 12.1 Å². The molecule has 0 aliphatic carbocycles. The topological polar surface area (TPSA) is 60.4 Å². The predicted molar refractivity (Wildman–Crippen MR) is 82.9 cm³/mol. The van der Waals surface area contributed by atoms with E-state index < -0.39 is 0 Å².